The highest BCUT2D eigenvalue weighted by Crippen LogP contribution is 2.62. The second-order valence-corrected chi connectivity index (χ2v) is 6.75. The van der Waals surface area contributed by atoms with Crippen molar-refractivity contribution in [2.75, 3.05) is 7.11 Å². The molecule has 2 aliphatic rings. The Hall–Kier alpha value is -0.690. The predicted molar refractivity (Wildman–Crippen MR) is 80.0 cm³/mol. The predicted octanol–water partition coefficient (Wildman–Crippen LogP) is 5.03. The molecule has 2 fully saturated rings. The van der Waals surface area contributed by atoms with E-state index in [0.717, 1.165) is 23.5 Å². The molecule has 2 heteroatoms. The summed E-state index contributed by atoms with van der Waals surface area (Å²) in [6, 6.07) is 4.43. The highest BCUT2D eigenvalue weighted by molar-refractivity contribution is 6.21. The molecule has 3 atom stereocenters. The van der Waals surface area contributed by atoms with Gasteiger partial charge in [0.1, 0.15) is 5.75 Å². The lowest BCUT2D eigenvalue weighted by atomic mass is 10.00. The fraction of sp³-hybridized carbons (Fsp3) is 0.647. The van der Waals surface area contributed by atoms with Gasteiger partial charge in [0.25, 0.3) is 0 Å². The Balaban J connectivity index is 1.82. The molecule has 1 aromatic rings. The summed E-state index contributed by atoms with van der Waals surface area (Å²) < 4.78 is 5.44. The molecule has 0 N–H and O–H groups in total. The van der Waals surface area contributed by atoms with Gasteiger partial charge in [0.2, 0.25) is 0 Å². The summed E-state index contributed by atoms with van der Waals surface area (Å²) in [4.78, 5) is 0. The Kier molecular flexibility index (Phi) is 3.51. The van der Waals surface area contributed by atoms with Crippen molar-refractivity contribution in [1.82, 2.24) is 0 Å². The van der Waals surface area contributed by atoms with E-state index in [1.54, 1.807) is 7.11 Å². The van der Waals surface area contributed by atoms with Crippen molar-refractivity contribution in [2.45, 2.75) is 44.9 Å². The fourth-order valence-electron chi connectivity index (χ4n) is 4.17. The van der Waals surface area contributed by atoms with E-state index in [0.29, 0.717) is 0 Å². The summed E-state index contributed by atoms with van der Waals surface area (Å²) >= 11 is 6.78. The van der Waals surface area contributed by atoms with Crippen LogP contribution in [0.3, 0.4) is 0 Å². The van der Waals surface area contributed by atoms with Crippen LogP contribution in [0.4, 0.5) is 0 Å². The number of fused-ring (bicyclic) bond motifs is 1. The highest BCUT2D eigenvalue weighted by Gasteiger charge is 2.53. The maximum absolute atomic E-state index is 6.78. The normalized spacial score (nSPS) is 30.6. The second kappa shape index (κ2) is 5.01. The topological polar surface area (TPSA) is 9.23 Å². The third kappa shape index (κ3) is 2.27. The number of alkyl halides is 1. The van der Waals surface area contributed by atoms with Crippen LogP contribution in [0.15, 0.2) is 12.1 Å². The molecular weight excluding hydrogens is 256 g/mol. The van der Waals surface area contributed by atoms with Crippen LogP contribution >= 0.6 is 11.6 Å². The number of hydrogen-bond donors (Lipinski definition) is 0. The van der Waals surface area contributed by atoms with E-state index < -0.39 is 0 Å². The summed E-state index contributed by atoms with van der Waals surface area (Å²) in [6.45, 7) is 4.22. The van der Waals surface area contributed by atoms with Crippen LogP contribution in [-0.4, -0.2) is 7.11 Å². The molecule has 3 unspecified atom stereocenters. The van der Waals surface area contributed by atoms with Crippen LogP contribution in [0, 0.1) is 31.6 Å². The number of aryl methyl sites for hydroxylation is 2. The van der Waals surface area contributed by atoms with Gasteiger partial charge in [0.05, 0.1) is 12.5 Å². The zero-order valence-corrected chi connectivity index (χ0v) is 12.8. The maximum atomic E-state index is 6.78. The molecular formula is C17H23ClO. The Labute approximate surface area is 121 Å². The quantitative estimate of drug-likeness (QED) is 0.705. The van der Waals surface area contributed by atoms with Crippen molar-refractivity contribution >= 4 is 11.6 Å². The lowest BCUT2D eigenvalue weighted by Gasteiger charge is -2.15. The number of methoxy groups -OCH3 is 1. The van der Waals surface area contributed by atoms with Crippen LogP contribution in [0.5, 0.6) is 5.75 Å². The van der Waals surface area contributed by atoms with Crippen molar-refractivity contribution < 1.29 is 4.74 Å². The van der Waals surface area contributed by atoms with E-state index >= 15 is 0 Å². The average Bonchev–Trinajstić information content (AvgIpc) is 3.11. The van der Waals surface area contributed by atoms with Gasteiger partial charge in [-0.2, -0.15) is 0 Å². The minimum Gasteiger partial charge on any atom is -0.496 e. The SMILES string of the molecule is COc1c(C)cc(C(Cl)C2C3CCCCC32)cc1C. The van der Waals surface area contributed by atoms with E-state index in [9.17, 15) is 0 Å². The minimum absolute atomic E-state index is 0.191. The van der Waals surface area contributed by atoms with Gasteiger partial charge in [-0.25, -0.2) is 0 Å². The molecule has 0 amide bonds. The molecule has 0 bridgehead atoms. The fourth-order valence-corrected chi connectivity index (χ4v) is 4.67. The van der Waals surface area contributed by atoms with Crippen LogP contribution in [0.1, 0.15) is 47.8 Å². The Morgan fingerprint density at radius 3 is 2.11 bits per heavy atom. The first-order valence-electron chi connectivity index (χ1n) is 7.42. The van der Waals surface area contributed by atoms with Gasteiger partial charge in [-0.15, -0.1) is 11.6 Å². The number of benzene rings is 1. The summed E-state index contributed by atoms with van der Waals surface area (Å²) in [5, 5.41) is 0.191. The van der Waals surface area contributed by atoms with Crippen LogP contribution in [-0.2, 0) is 0 Å². The summed E-state index contributed by atoms with van der Waals surface area (Å²) in [5.41, 5.74) is 3.69. The minimum atomic E-state index is 0.191. The van der Waals surface area contributed by atoms with Crippen molar-refractivity contribution in [2.24, 2.45) is 17.8 Å². The largest absolute Gasteiger partial charge is 0.496 e. The van der Waals surface area contributed by atoms with Gasteiger partial charge in [-0.3, -0.25) is 0 Å². The van der Waals surface area contributed by atoms with Crippen molar-refractivity contribution in [3.8, 4) is 5.75 Å². The third-order valence-electron chi connectivity index (χ3n) is 5.07. The van der Waals surface area contributed by atoms with E-state index in [1.807, 2.05) is 0 Å². The van der Waals surface area contributed by atoms with E-state index in [4.69, 9.17) is 16.3 Å². The smallest absolute Gasteiger partial charge is 0.124 e. The first-order valence-corrected chi connectivity index (χ1v) is 7.86. The lowest BCUT2D eigenvalue weighted by Crippen LogP contribution is -1.99. The molecule has 104 valence electrons. The van der Waals surface area contributed by atoms with Gasteiger partial charge < -0.3 is 4.74 Å². The van der Waals surface area contributed by atoms with Crippen LogP contribution in [0.2, 0.25) is 0 Å². The standard InChI is InChI=1S/C17H23ClO/c1-10-8-12(9-11(2)17(10)19-3)16(18)15-13-6-4-5-7-14(13)15/h8-9,13-16H,4-7H2,1-3H3. The molecule has 0 aromatic heterocycles. The molecule has 19 heavy (non-hydrogen) atoms. The van der Waals surface area contributed by atoms with Gasteiger partial charge >= 0.3 is 0 Å². The van der Waals surface area contributed by atoms with Crippen LogP contribution < -0.4 is 4.74 Å². The van der Waals surface area contributed by atoms with Gasteiger partial charge in [0.15, 0.2) is 0 Å². The number of ether oxygens (including phenoxy) is 1. The Morgan fingerprint density at radius 2 is 1.63 bits per heavy atom. The number of rotatable bonds is 3. The molecule has 0 saturated heterocycles. The number of halogens is 1. The molecule has 2 saturated carbocycles. The third-order valence-corrected chi connectivity index (χ3v) is 5.61. The summed E-state index contributed by atoms with van der Waals surface area (Å²) in [7, 11) is 1.74. The molecule has 1 nitrogen and oxygen atoms in total. The highest BCUT2D eigenvalue weighted by atomic mass is 35.5. The van der Waals surface area contributed by atoms with Gasteiger partial charge in [0, 0.05) is 0 Å². The molecule has 0 heterocycles. The van der Waals surface area contributed by atoms with E-state index in [1.165, 1.54) is 42.4 Å². The lowest BCUT2D eigenvalue weighted by molar-refractivity contribution is 0.408. The Morgan fingerprint density at radius 1 is 1.11 bits per heavy atom. The van der Waals surface area contributed by atoms with E-state index in [2.05, 4.69) is 26.0 Å². The maximum Gasteiger partial charge on any atom is 0.124 e. The van der Waals surface area contributed by atoms with Crippen molar-refractivity contribution in [3.05, 3.63) is 28.8 Å². The van der Waals surface area contributed by atoms with Gasteiger partial charge in [-0.1, -0.05) is 25.0 Å². The first kappa shape index (κ1) is 13.3. The molecule has 1 aromatic carbocycles. The van der Waals surface area contributed by atoms with Crippen molar-refractivity contribution in [1.29, 1.82) is 0 Å². The van der Waals surface area contributed by atoms with Gasteiger partial charge in [-0.05, 0) is 61.1 Å². The molecule has 0 radical (unpaired) electrons. The first-order chi connectivity index (χ1) is 9.13. The summed E-state index contributed by atoms with van der Waals surface area (Å²) in [5.74, 6) is 3.52. The molecule has 2 aliphatic carbocycles. The van der Waals surface area contributed by atoms with Crippen LogP contribution in [0.25, 0.3) is 0 Å². The molecule has 0 spiro atoms. The molecule has 0 aliphatic heterocycles. The summed E-state index contributed by atoms with van der Waals surface area (Å²) in [6.07, 6.45) is 5.60. The monoisotopic (exact) mass is 278 g/mol. The Bertz CT molecular complexity index is 447. The number of hydrogen-bond acceptors (Lipinski definition) is 1. The zero-order valence-electron chi connectivity index (χ0n) is 12.1. The van der Waals surface area contributed by atoms with E-state index in [-0.39, 0.29) is 5.38 Å². The molecule has 3 rings (SSSR count). The van der Waals surface area contributed by atoms with Crippen molar-refractivity contribution in [3.63, 3.8) is 0 Å². The average molecular weight is 279 g/mol. The zero-order chi connectivity index (χ0) is 13.6. The second-order valence-electron chi connectivity index (χ2n) is 6.28.